The molecule has 1 aromatic rings. The maximum atomic E-state index is 4.33. The number of benzene rings is 1. The van der Waals surface area contributed by atoms with E-state index < -0.39 is 0 Å². The van der Waals surface area contributed by atoms with Crippen molar-refractivity contribution in [3.8, 4) is 0 Å². The summed E-state index contributed by atoms with van der Waals surface area (Å²) in [5.41, 5.74) is 1.36. The monoisotopic (exact) mass is 430 g/mol. The highest BCUT2D eigenvalue weighted by atomic mass is 127. The summed E-state index contributed by atoms with van der Waals surface area (Å²) < 4.78 is 0. The van der Waals surface area contributed by atoms with Crippen LogP contribution in [0.5, 0.6) is 0 Å². The lowest BCUT2D eigenvalue weighted by molar-refractivity contribution is 0.157. The fourth-order valence-corrected chi connectivity index (χ4v) is 3.11. The molecule has 1 fully saturated rings. The van der Waals surface area contributed by atoms with Gasteiger partial charge in [-0.25, -0.2) is 0 Å². The Labute approximate surface area is 158 Å². The Morgan fingerprint density at radius 1 is 1.22 bits per heavy atom. The van der Waals surface area contributed by atoms with Gasteiger partial charge in [-0.3, -0.25) is 9.89 Å². The fraction of sp³-hybridized carbons (Fsp3) is 0.611. The molecular formula is C18H31IN4. The van der Waals surface area contributed by atoms with Crippen molar-refractivity contribution in [2.45, 2.75) is 38.6 Å². The van der Waals surface area contributed by atoms with Gasteiger partial charge in [0, 0.05) is 26.2 Å². The van der Waals surface area contributed by atoms with Gasteiger partial charge >= 0.3 is 0 Å². The lowest BCUT2D eigenvalue weighted by Gasteiger charge is -2.35. The molecule has 4 nitrogen and oxygen atoms in total. The zero-order valence-electron chi connectivity index (χ0n) is 14.4. The second-order valence-corrected chi connectivity index (χ2v) is 5.89. The van der Waals surface area contributed by atoms with Crippen molar-refractivity contribution >= 4 is 29.9 Å². The van der Waals surface area contributed by atoms with Crippen molar-refractivity contribution < 1.29 is 0 Å². The van der Waals surface area contributed by atoms with Crippen LogP contribution in [0.2, 0.25) is 0 Å². The van der Waals surface area contributed by atoms with Crippen LogP contribution in [0.3, 0.4) is 0 Å². The highest BCUT2D eigenvalue weighted by Gasteiger charge is 2.20. The largest absolute Gasteiger partial charge is 0.356 e. The molecule has 1 aromatic carbocycles. The predicted molar refractivity (Wildman–Crippen MR) is 110 cm³/mol. The average Bonchev–Trinajstić information content (AvgIpc) is 2.59. The summed E-state index contributed by atoms with van der Waals surface area (Å²) >= 11 is 0. The van der Waals surface area contributed by atoms with Crippen LogP contribution in [0.4, 0.5) is 0 Å². The maximum absolute atomic E-state index is 4.33. The minimum atomic E-state index is 0. The highest BCUT2D eigenvalue weighted by molar-refractivity contribution is 14.0. The number of piperidine rings is 1. The molecule has 2 rings (SSSR count). The number of aliphatic imine (C=N–C) groups is 1. The molecular weight excluding hydrogens is 399 g/mol. The zero-order chi connectivity index (χ0) is 15.6. The normalized spacial score (nSPS) is 19.0. The number of nitrogens with one attached hydrogen (secondary N) is 2. The van der Waals surface area contributed by atoms with Crippen molar-refractivity contribution in [2.75, 3.05) is 33.2 Å². The van der Waals surface area contributed by atoms with Crippen LogP contribution < -0.4 is 10.6 Å². The summed E-state index contributed by atoms with van der Waals surface area (Å²) in [6.45, 7) is 6.53. The standard InChI is InChI=1S/C18H30N4.HI/c1-3-22-14-8-7-11-17(22)15-21-18(19-2)20-13-12-16-9-5-4-6-10-16;/h4-6,9-10,17H,3,7-8,11-15H2,1-2H3,(H2,19,20,21);1H. The Balaban J connectivity index is 0.00000264. The molecule has 0 spiro atoms. The van der Waals surface area contributed by atoms with E-state index in [0.29, 0.717) is 6.04 Å². The maximum Gasteiger partial charge on any atom is 0.191 e. The number of nitrogens with zero attached hydrogens (tertiary/aromatic N) is 2. The van der Waals surface area contributed by atoms with Gasteiger partial charge in [-0.05, 0) is 37.9 Å². The van der Waals surface area contributed by atoms with E-state index in [-0.39, 0.29) is 24.0 Å². The number of hydrogen-bond acceptors (Lipinski definition) is 2. The smallest absolute Gasteiger partial charge is 0.191 e. The van der Waals surface area contributed by atoms with Crippen LogP contribution in [-0.2, 0) is 6.42 Å². The summed E-state index contributed by atoms with van der Waals surface area (Å²) in [5.74, 6) is 0.914. The Morgan fingerprint density at radius 2 is 2.00 bits per heavy atom. The first-order valence-corrected chi connectivity index (χ1v) is 8.56. The molecule has 23 heavy (non-hydrogen) atoms. The summed E-state index contributed by atoms with van der Waals surface area (Å²) in [7, 11) is 1.84. The van der Waals surface area contributed by atoms with Gasteiger partial charge in [-0.15, -0.1) is 24.0 Å². The molecule has 0 aromatic heterocycles. The second kappa shape index (κ2) is 11.7. The van der Waals surface area contributed by atoms with E-state index >= 15 is 0 Å². The number of likely N-dealkylation sites (tertiary alicyclic amines) is 1. The van der Waals surface area contributed by atoms with E-state index in [2.05, 4.69) is 57.8 Å². The number of guanidine groups is 1. The second-order valence-electron chi connectivity index (χ2n) is 5.89. The summed E-state index contributed by atoms with van der Waals surface area (Å²) in [6, 6.07) is 11.2. The quantitative estimate of drug-likeness (QED) is 0.414. The molecule has 2 N–H and O–H groups in total. The molecule has 1 saturated heterocycles. The van der Waals surface area contributed by atoms with Crippen LogP contribution in [0.15, 0.2) is 35.3 Å². The number of hydrogen-bond donors (Lipinski definition) is 2. The van der Waals surface area contributed by atoms with Gasteiger partial charge in [0.1, 0.15) is 0 Å². The van der Waals surface area contributed by atoms with Gasteiger partial charge in [-0.1, -0.05) is 43.7 Å². The topological polar surface area (TPSA) is 39.7 Å². The molecule has 1 atom stereocenters. The lowest BCUT2D eigenvalue weighted by Crippen LogP contribution is -2.49. The van der Waals surface area contributed by atoms with Crippen molar-refractivity contribution in [3.05, 3.63) is 35.9 Å². The van der Waals surface area contributed by atoms with E-state index in [1.807, 2.05) is 7.05 Å². The lowest BCUT2D eigenvalue weighted by atomic mass is 10.0. The van der Waals surface area contributed by atoms with Gasteiger partial charge < -0.3 is 10.6 Å². The van der Waals surface area contributed by atoms with E-state index in [0.717, 1.165) is 32.0 Å². The first-order chi connectivity index (χ1) is 10.8. The third-order valence-electron chi connectivity index (χ3n) is 4.43. The number of halogens is 1. The average molecular weight is 430 g/mol. The molecule has 0 radical (unpaired) electrons. The van der Waals surface area contributed by atoms with Crippen molar-refractivity contribution in [3.63, 3.8) is 0 Å². The van der Waals surface area contributed by atoms with Gasteiger partial charge in [0.15, 0.2) is 5.96 Å². The van der Waals surface area contributed by atoms with E-state index in [9.17, 15) is 0 Å². The Kier molecular flexibility index (Phi) is 10.3. The molecule has 1 unspecified atom stereocenters. The van der Waals surface area contributed by atoms with Crippen LogP contribution in [-0.4, -0.2) is 50.1 Å². The van der Waals surface area contributed by atoms with Gasteiger partial charge in [0.25, 0.3) is 0 Å². The molecule has 0 amide bonds. The third kappa shape index (κ3) is 7.08. The van der Waals surface area contributed by atoms with Crippen molar-refractivity contribution in [2.24, 2.45) is 4.99 Å². The molecule has 130 valence electrons. The van der Waals surface area contributed by atoms with E-state index in [1.165, 1.54) is 31.4 Å². The van der Waals surface area contributed by atoms with Crippen molar-refractivity contribution in [1.29, 1.82) is 0 Å². The predicted octanol–water partition coefficient (Wildman–Crippen LogP) is 2.89. The summed E-state index contributed by atoms with van der Waals surface area (Å²) in [4.78, 5) is 6.91. The molecule has 0 saturated carbocycles. The fourth-order valence-electron chi connectivity index (χ4n) is 3.11. The SMILES string of the molecule is CCN1CCCCC1CNC(=NC)NCCc1ccccc1.I. The first-order valence-electron chi connectivity index (χ1n) is 8.56. The Hall–Kier alpha value is -0.820. The summed E-state index contributed by atoms with van der Waals surface area (Å²) in [5, 5.41) is 6.90. The highest BCUT2D eigenvalue weighted by Crippen LogP contribution is 2.15. The van der Waals surface area contributed by atoms with Gasteiger partial charge in [-0.2, -0.15) is 0 Å². The van der Waals surface area contributed by atoms with E-state index in [4.69, 9.17) is 0 Å². The Bertz CT molecular complexity index is 450. The third-order valence-corrected chi connectivity index (χ3v) is 4.43. The van der Waals surface area contributed by atoms with Gasteiger partial charge in [0.05, 0.1) is 0 Å². The number of likely N-dealkylation sites (N-methyl/N-ethyl adjacent to an activating group) is 1. The molecule has 1 heterocycles. The van der Waals surface area contributed by atoms with Crippen LogP contribution in [0, 0.1) is 0 Å². The number of rotatable bonds is 6. The molecule has 1 aliphatic rings. The summed E-state index contributed by atoms with van der Waals surface area (Å²) in [6.07, 6.45) is 5.01. The minimum Gasteiger partial charge on any atom is -0.356 e. The molecule has 0 aliphatic carbocycles. The molecule has 1 aliphatic heterocycles. The first kappa shape index (κ1) is 20.2. The van der Waals surface area contributed by atoms with Crippen LogP contribution >= 0.6 is 24.0 Å². The molecule has 0 bridgehead atoms. The zero-order valence-corrected chi connectivity index (χ0v) is 16.8. The Morgan fingerprint density at radius 3 is 2.70 bits per heavy atom. The van der Waals surface area contributed by atoms with Crippen LogP contribution in [0.25, 0.3) is 0 Å². The van der Waals surface area contributed by atoms with Gasteiger partial charge in [0.2, 0.25) is 0 Å². The van der Waals surface area contributed by atoms with Crippen molar-refractivity contribution in [1.82, 2.24) is 15.5 Å². The van der Waals surface area contributed by atoms with Crippen LogP contribution in [0.1, 0.15) is 31.7 Å². The van der Waals surface area contributed by atoms with E-state index in [1.54, 1.807) is 0 Å². The minimum absolute atomic E-state index is 0. The molecule has 5 heteroatoms.